The van der Waals surface area contributed by atoms with Crippen LogP contribution in [0.2, 0.25) is 5.02 Å². The molecule has 1 aliphatic carbocycles. The molecule has 0 spiro atoms. The van der Waals surface area contributed by atoms with Crippen LogP contribution in [0.25, 0.3) is 0 Å². The van der Waals surface area contributed by atoms with Crippen molar-refractivity contribution in [2.24, 2.45) is 11.7 Å². The number of amides is 1. The molecule has 1 unspecified atom stereocenters. The Kier molecular flexibility index (Phi) is 7.51. The molecule has 3 rings (SSSR count). The summed E-state index contributed by atoms with van der Waals surface area (Å²) >= 11 is 6.48. The normalized spacial score (nSPS) is 14.6. The van der Waals surface area contributed by atoms with Gasteiger partial charge in [0.1, 0.15) is 5.82 Å². The van der Waals surface area contributed by atoms with Crippen molar-refractivity contribution >= 4 is 23.3 Å². The van der Waals surface area contributed by atoms with E-state index in [1.807, 2.05) is 23.1 Å². The van der Waals surface area contributed by atoms with E-state index in [2.05, 4.69) is 24.0 Å². The van der Waals surface area contributed by atoms with Gasteiger partial charge >= 0.3 is 0 Å². The number of nitrogen functional groups attached to an aromatic ring is 1. The molecule has 6 heteroatoms. The number of nitrogens with two attached hydrogens (primary N) is 2. The third kappa shape index (κ3) is 5.71. The second kappa shape index (κ2) is 10.1. The van der Waals surface area contributed by atoms with Gasteiger partial charge in [-0.05, 0) is 60.9 Å². The molecule has 0 aliphatic heterocycles. The summed E-state index contributed by atoms with van der Waals surface area (Å²) in [4.78, 5) is 19.5. The predicted octanol–water partition coefficient (Wildman–Crippen LogP) is 3.97. The van der Waals surface area contributed by atoms with Crippen molar-refractivity contribution in [1.82, 2.24) is 9.88 Å². The molecular formula is C23H31ClN4O. The van der Waals surface area contributed by atoms with Crippen molar-refractivity contribution in [3.05, 3.63) is 58.2 Å². The van der Waals surface area contributed by atoms with Crippen LogP contribution in [-0.2, 0) is 24.2 Å². The van der Waals surface area contributed by atoms with Crippen LogP contribution in [0.15, 0.2) is 36.5 Å². The molecule has 29 heavy (non-hydrogen) atoms. The molecule has 0 radical (unpaired) electrons. The highest BCUT2D eigenvalue weighted by Gasteiger charge is 2.36. The second-order valence-corrected chi connectivity index (χ2v) is 8.32. The van der Waals surface area contributed by atoms with Crippen molar-refractivity contribution in [3.8, 4) is 0 Å². The van der Waals surface area contributed by atoms with E-state index in [0.717, 1.165) is 43.2 Å². The summed E-state index contributed by atoms with van der Waals surface area (Å²) in [5.41, 5.74) is 15.1. The minimum absolute atomic E-state index is 0.0771. The van der Waals surface area contributed by atoms with E-state index in [-0.39, 0.29) is 24.4 Å². The Balaban J connectivity index is 1.77. The molecule has 1 heterocycles. The first-order valence-electron chi connectivity index (χ1n) is 10.5. The number of carbonyl (C=O) groups is 1. The van der Waals surface area contributed by atoms with Gasteiger partial charge < -0.3 is 16.4 Å². The smallest absolute Gasteiger partial charge is 0.227 e. The van der Waals surface area contributed by atoms with Gasteiger partial charge in [-0.25, -0.2) is 4.98 Å². The summed E-state index contributed by atoms with van der Waals surface area (Å²) in [6.07, 6.45) is 7.55. The fraction of sp³-hybridized carbons (Fsp3) is 0.478. The second-order valence-electron chi connectivity index (χ2n) is 7.91. The number of rotatable bonds is 10. The molecule has 4 N–H and O–H groups in total. The first-order chi connectivity index (χ1) is 14.0. The van der Waals surface area contributed by atoms with Crippen LogP contribution in [0.1, 0.15) is 49.3 Å². The third-order valence-electron chi connectivity index (χ3n) is 5.57. The predicted molar refractivity (Wildman–Crippen MR) is 119 cm³/mol. The van der Waals surface area contributed by atoms with E-state index in [1.54, 1.807) is 6.20 Å². The summed E-state index contributed by atoms with van der Waals surface area (Å²) in [7, 11) is 0. The fourth-order valence-corrected chi connectivity index (χ4v) is 3.81. The third-order valence-corrected chi connectivity index (χ3v) is 5.94. The Hall–Kier alpha value is -2.11. The first-order valence-corrected chi connectivity index (χ1v) is 10.9. The maximum absolute atomic E-state index is 13.4. The van der Waals surface area contributed by atoms with Gasteiger partial charge in [0.15, 0.2) is 0 Å². The highest BCUT2D eigenvalue weighted by atomic mass is 35.5. The fourth-order valence-electron chi connectivity index (χ4n) is 3.64. The number of hydrogen-bond acceptors (Lipinski definition) is 4. The molecule has 0 saturated heterocycles. The van der Waals surface area contributed by atoms with E-state index in [9.17, 15) is 4.79 Å². The molecule has 156 valence electrons. The number of unbranched alkanes of at least 4 members (excludes halogenated alkanes) is 1. The van der Waals surface area contributed by atoms with Crippen LogP contribution >= 0.6 is 11.6 Å². The van der Waals surface area contributed by atoms with Crippen LogP contribution in [0, 0.1) is 5.92 Å². The zero-order chi connectivity index (χ0) is 20.8. The van der Waals surface area contributed by atoms with E-state index < -0.39 is 0 Å². The first kappa shape index (κ1) is 21.6. The molecule has 1 aromatic carbocycles. The minimum atomic E-state index is -0.316. The van der Waals surface area contributed by atoms with E-state index in [0.29, 0.717) is 23.8 Å². The number of aromatic nitrogens is 1. The Labute approximate surface area is 178 Å². The largest absolute Gasteiger partial charge is 0.383 e. The van der Waals surface area contributed by atoms with Crippen molar-refractivity contribution in [3.63, 3.8) is 0 Å². The summed E-state index contributed by atoms with van der Waals surface area (Å²) in [6.45, 7) is 2.99. The maximum atomic E-state index is 13.4. The average molecular weight is 415 g/mol. The number of anilines is 1. The van der Waals surface area contributed by atoms with Gasteiger partial charge in [-0.15, -0.1) is 0 Å². The van der Waals surface area contributed by atoms with Crippen molar-refractivity contribution in [1.29, 1.82) is 0 Å². The highest BCUT2D eigenvalue weighted by molar-refractivity contribution is 6.31. The Morgan fingerprint density at radius 3 is 2.76 bits per heavy atom. The Morgan fingerprint density at radius 2 is 2.10 bits per heavy atom. The molecule has 5 nitrogen and oxygen atoms in total. The number of pyridine rings is 1. The quantitative estimate of drug-likeness (QED) is 0.616. The van der Waals surface area contributed by atoms with E-state index in [4.69, 9.17) is 23.1 Å². The molecule has 1 amide bonds. The van der Waals surface area contributed by atoms with Crippen molar-refractivity contribution < 1.29 is 4.79 Å². The molecule has 1 atom stereocenters. The van der Waals surface area contributed by atoms with Crippen molar-refractivity contribution in [2.75, 3.05) is 12.3 Å². The van der Waals surface area contributed by atoms with Crippen LogP contribution < -0.4 is 11.5 Å². The molecule has 0 bridgehead atoms. The maximum Gasteiger partial charge on any atom is 0.227 e. The average Bonchev–Trinajstić information content (AvgIpc) is 3.56. The number of hydrogen-bond donors (Lipinski definition) is 2. The van der Waals surface area contributed by atoms with E-state index in [1.165, 1.54) is 5.56 Å². The van der Waals surface area contributed by atoms with Gasteiger partial charge in [-0.1, -0.05) is 43.1 Å². The summed E-state index contributed by atoms with van der Waals surface area (Å²) in [6, 6.07) is 10.2. The number of benzene rings is 1. The lowest BCUT2D eigenvalue weighted by atomic mass is 9.97. The Morgan fingerprint density at radius 1 is 1.31 bits per heavy atom. The number of nitrogens with zero attached hydrogens (tertiary/aromatic N) is 2. The summed E-state index contributed by atoms with van der Waals surface area (Å²) < 4.78 is 0. The lowest BCUT2D eigenvalue weighted by Gasteiger charge is -2.28. The lowest BCUT2D eigenvalue weighted by Crippen LogP contribution is -2.41. The molecule has 1 aromatic heterocycles. The molecule has 1 fully saturated rings. The lowest BCUT2D eigenvalue weighted by molar-refractivity contribution is -0.136. The number of carbonyl (C=O) groups excluding carboxylic acids is 1. The van der Waals surface area contributed by atoms with E-state index >= 15 is 0 Å². The SMILES string of the molecule is CCCCc1ccc(Cl)c(CN(C(=O)C(CN)Cc2cccnc2N)C2CC2)c1. The monoisotopic (exact) mass is 414 g/mol. The minimum Gasteiger partial charge on any atom is -0.383 e. The van der Waals surface area contributed by atoms with Crippen LogP contribution in [-0.4, -0.2) is 28.4 Å². The molecule has 1 saturated carbocycles. The van der Waals surface area contributed by atoms with Gasteiger partial charge in [0.25, 0.3) is 0 Å². The summed E-state index contributed by atoms with van der Waals surface area (Å²) in [5.74, 6) is 0.223. The van der Waals surface area contributed by atoms with Crippen LogP contribution in [0.5, 0.6) is 0 Å². The van der Waals surface area contributed by atoms with Gasteiger partial charge in [0.2, 0.25) is 5.91 Å². The van der Waals surface area contributed by atoms with Crippen LogP contribution in [0.3, 0.4) is 0 Å². The van der Waals surface area contributed by atoms with Gasteiger partial charge in [0.05, 0.1) is 5.92 Å². The van der Waals surface area contributed by atoms with Gasteiger partial charge in [0, 0.05) is 30.4 Å². The zero-order valence-electron chi connectivity index (χ0n) is 17.1. The topological polar surface area (TPSA) is 85.2 Å². The zero-order valence-corrected chi connectivity index (χ0v) is 17.9. The molecule has 1 aliphatic rings. The van der Waals surface area contributed by atoms with Crippen LogP contribution in [0.4, 0.5) is 5.82 Å². The Bertz CT molecular complexity index is 837. The molecule has 2 aromatic rings. The van der Waals surface area contributed by atoms with Gasteiger partial charge in [-0.3, -0.25) is 4.79 Å². The van der Waals surface area contributed by atoms with Gasteiger partial charge in [-0.2, -0.15) is 0 Å². The number of aryl methyl sites for hydroxylation is 1. The highest BCUT2D eigenvalue weighted by Crippen LogP contribution is 2.32. The number of halogens is 1. The molecular weight excluding hydrogens is 384 g/mol. The summed E-state index contributed by atoms with van der Waals surface area (Å²) in [5, 5.41) is 0.713. The standard InChI is InChI=1S/C23H31ClN4O/c1-2-3-5-16-7-10-21(24)19(12-16)15-28(20-8-9-20)23(29)18(14-25)13-17-6-4-11-27-22(17)26/h4,6-7,10-12,18,20H,2-3,5,8-9,13-15,25H2,1H3,(H2,26,27). The van der Waals surface area contributed by atoms with Crippen molar-refractivity contribution in [2.45, 2.75) is 58.0 Å².